The molecule has 0 aliphatic rings. The molecule has 186 valence electrons. The van der Waals surface area contributed by atoms with Crippen LogP contribution in [0.2, 0.25) is 0 Å². The third-order valence-corrected chi connectivity index (χ3v) is 5.57. The number of pyridine rings is 1. The molecule has 2 atom stereocenters. The quantitative estimate of drug-likeness (QED) is 0.402. The van der Waals surface area contributed by atoms with Crippen LogP contribution in [0.1, 0.15) is 46.5 Å². The zero-order valence-corrected chi connectivity index (χ0v) is 18.9. The second-order valence-corrected chi connectivity index (χ2v) is 8.03. The largest absolute Gasteiger partial charge is 0.433 e. The number of carbonyl (C=O) groups excluding carboxylic acids is 1. The van der Waals surface area contributed by atoms with Gasteiger partial charge in [0.1, 0.15) is 29.2 Å². The van der Waals surface area contributed by atoms with Crippen molar-refractivity contribution in [3.8, 4) is 0 Å². The summed E-state index contributed by atoms with van der Waals surface area (Å²) in [7, 11) is 1.36. The van der Waals surface area contributed by atoms with Crippen LogP contribution in [-0.4, -0.2) is 17.9 Å². The number of nitrogens with zero attached hydrogens (tertiary/aromatic N) is 1. The Hall–Kier alpha value is -3.40. The SMILES string of the molecule is CNC(=O)C(NC(CCc1ccc(C(F)(F)F)nc1)c1ccc(F)c(C)c1)c1ccc(F)cc1F. The van der Waals surface area contributed by atoms with Crippen molar-refractivity contribution >= 4 is 5.91 Å². The van der Waals surface area contributed by atoms with Crippen LogP contribution in [0.4, 0.5) is 26.3 Å². The van der Waals surface area contributed by atoms with Gasteiger partial charge in [-0.15, -0.1) is 0 Å². The summed E-state index contributed by atoms with van der Waals surface area (Å²) in [5.74, 6) is -2.75. The average Bonchev–Trinajstić information content (AvgIpc) is 2.81. The van der Waals surface area contributed by atoms with E-state index in [9.17, 15) is 31.1 Å². The minimum Gasteiger partial charge on any atom is -0.358 e. The molecule has 0 saturated carbocycles. The number of halogens is 6. The first-order valence-corrected chi connectivity index (χ1v) is 10.7. The summed E-state index contributed by atoms with van der Waals surface area (Å²) in [6.45, 7) is 1.56. The molecule has 3 rings (SSSR count). The lowest BCUT2D eigenvalue weighted by atomic mass is 9.95. The van der Waals surface area contributed by atoms with Crippen LogP contribution in [0.3, 0.4) is 0 Å². The Morgan fingerprint density at radius 2 is 1.74 bits per heavy atom. The Bertz CT molecular complexity index is 1180. The van der Waals surface area contributed by atoms with Gasteiger partial charge in [-0.1, -0.05) is 24.3 Å². The zero-order chi connectivity index (χ0) is 25.8. The molecule has 1 amide bonds. The number of aryl methyl sites for hydroxylation is 2. The van der Waals surface area contributed by atoms with Crippen LogP contribution in [0.25, 0.3) is 0 Å². The smallest absolute Gasteiger partial charge is 0.358 e. The van der Waals surface area contributed by atoms with Crippen molar-refractivity contribution in [3.05, 3.63) is 100 Å². The molecule has 0 aliphatic heterocycles. The minimum absolute atomic E-state index is 0.0919. The summed E-state index contributed by atoms with van der Waals surface area (Å²) >= 11 is 0. The number of hydrogen-bond acceptors (Lipinski definition) is 3. The molecule has 1 heterocycles. The Labute approximate surface area is 198 Å². The summed E-state index contributed by atoms with van der Waals surface area (Å²) in [6.07, 6.45) is -2.93. The van der Waals surface area contributed by atoms with Gasteiger partial charge < -0.3 is 5.32 Å². The van der Waals surface area contributed by atoms with E-state index in [1.165, 1.54) is 25.2 Å². The van der Waals surface area contributed by atoms with Crippen molar-refractivity contribution in [1.29, 1.82) is 0 Å². The summed E-state index contributed by atoms with van der Waals surface area (Å²) in [4.78, 5) is 16.1. The number of hydrogen-bond donors (Lipinski definition) is 2. The molecule has 2 aromatic carbocycles. The number of rotatable bonds is 8. The van der Waals surface area contributed by atoms with Gasteiger partial charge in [-0.05, 0) is 54.7 Å². The Kier molecular flexibility index (Phi) is 8.16. The van der Waals surface area contributed by atoms with E-state index in [4.69, 9.17) is 0 Å². The molecule has 0 saturated heterocycles. The number of likely N-dealkylation sites (N-methyl/N-ethyl adjacent to an activating group) is 1. The molecule has 4 nitrogen and oxygen atoms in total. The van der Waals surface area contributed by atoms with E-state index in [1.807, 2.05) is 0 Å². The first kappa shape index (κ1) is 26.2. The molecule has 0 fully saturated rings. The van der Waals surface area contributed by atoms with E-state index in [0.29, 0.717) is 22.8 Å². The third kappa shape index (κ3) is 6.60. The number of benzene rings is 2. The lowest BCUT2D eigenvalue weighted by molar-refractivity contribution is -0.141. The van der Waals surface area contributed by atoms with Crippen LogP contribution in [0, 0.1) is 24.4 Å². The summed E-state index contributed by atoms with van der Waals surface area (Å²) < 4.78 is 80.3. The van der Waals surface area contributed by atoms with Gasteiger partial charge in [0.25, 0.3) is 0 Å². The van der Waals surface area contributed by atoms with Crippen LogP contribution < -0.4 is 10.6 Å². The van der Waals surface area contributed by atoms with Gasteiger partial charge in [0, 0.05) is 30.9 Å². The maximum absolute atomic E-state index is 14.5. The summed E-state index contributed by atoms with van der Waals surface area (Å²) in [5.41, 5.74) is 0.325. The number of carbonyl (C=O) groups is 1. The van der Waals surface area contributed by atoms with Gasteiger partial charge in [-0.3, -0.25) is 15.1 Å². The highest BCUT2D eigenvalue weighted by molar-refractivity contribution is 5.83. The van der Waals surface area contributed by atoms with E-state index in [1.54, 1.807) is 13.0 Å². The molecule has 10 heteroatoms. The van der Waals surface area contributed by atoms with E-state index in [2.05, 4.69) is 15.6 Å². The summed E-state index contributed by atoms with van der Waals surface area (Å²) in [5, 5.41) is 5.49. The number of alkyl halides is 3. The van der Waals surface area contributed by atoms with E-state index >= 15 is 0 Å². The highest BCUT2D eigenvalue weighted by Gasteiger charge is 2.32. The highest BCUT2D eigenvalue weighted by atomic mass is 19.4. The van der Waals surface area contributed by atoms with Gasteiger partial charge >= 0.3 is 6.18 Å². The minimum atomic E-state index is -4.56. The van der Waals surface area contributed by atoms with Crippen molar-refractivity contribution in [3.63, 3.8) is 0 Å². The molecule has 3 aromatic rings. The van der Waals surface area contributed by atoms with Crippen LogP contribution in [0.5, 0.6) is 0 Å². The topological polar surface area (TPSA) is 54.0 Å². The van der Waals surface area contributed by atoms with Gasteiger partial charge in [-0.2, -0.15) is 13.2 Å². The highest BCUT2D eigenvalue weighted by Crippen LogP contribution is 2.29. The Morgan fingerprint density at radius 3 is 2.31 bits per heavy atom. The van der Waals surface area contributed by atoms with E-state index in [0.717, 1.165) is 24.4 Å². The first-order valence-electron chi connectivity index (χ1n) is 10.7. The molecule has 2 unspecified atom stereocenters. The number of aromatic nitrogens is 1. The number of nitrogens with one attached hydrogen (secondary N) is 2. The van der Waals surface area contributed by atoms with Gasteiger partial charge in [0.05, 0.1) is 0 Å². The molecule has 0 bridgehead atoms. The first-order chi connectivity index (χ1) is 16.5. The van der Waals surface area contributed by atoms with E-state index in [-0.39, 0.29) is 18.4 Å². The Morgan fingerprint density at radius 1 is 1.00 bits per heavy atom. The monoisotopic (exact) mass is 495 g/mol. The molecule has 2 N–H and O–H groups in total. The fourth-order valence-corrected chi connectivity index (χ4v) is 3.67. The predicted octanol–water partition coefficient (Wildman–Crippen LogP) is 5.58. The van der Waals surface area contributed by atoms with Crippen LogP contribution in [0.15, 0.2) is 54.7 Å². The lowest BCUT2D eigenvalue weighted by Crippen LogP contribution is -2.38. The van der Waals surface area contributed by atoms with Crippen molar-refractivity contribution in [2.45, 2.75) is 38.0 Å². The average molecular weight is 495 g/mol. The zero-order valence-electron chi connectivity index (χ0n) is 18.9. The molecule has 0 spiro atoms. The molecular weight excluding hydrogens is 472 g/mol. The fraction of sp³-hybridized carbons (Fsp3) is 0.280. The van der Waals surface area contributed by atoms with Crippen LogP contribution in [-0.2, 0) is 17.4 Å². The maximum Gasteiger partial charge on any atom is 0.433 e. The van der Waals surface area contributed by atoms with Gasteiger partial charge in [-0.25, -0.2) is 13.2 Å². The van der Waals surface area contributed by atoms with Crippen molar-refractivity contribution < 1.29 is 31.1 Å². The van der Waals surface area contributed by atoms with Gasteiger partial charge in [0.2, 0.25) is 5.91 Å². The van der Waals surface area contributed by atoms with Crippen molar-refractivity contribution in [2.75, 3.05) is 7.05 Å². The standard InChI is InChI=1S/C25H23F6N3O/c1-14-11-16(5-8-19(14)27)21(9-3-15-4-10-22(33-13-15)25(29,30)31)34-23(24(35)32-2)18-7-6-17(26)12-20(18)28/h4-8,10-13,21,23,34H,3,9H2,1-2H3,(H,32,35). The molecule has 1 aromatic heterocycles. The predicted molar refractivity (Wildman–Crippen MR) is 118 cm³/mol. The fourth-order valence-electron chi connectivity index (χ4n) is 3.67. The van der Waals surface area contributed by atoms with Crippen LogP contribution >= 0.6 is 0 Å². The molecule has 35 heavy (non-hydrogen) atoms. The second-order valence-electron chi connectivity index (χ2n) is 8.03. The Balaban J connectivity index is 1.92. The van der Waals surface area contributed by atoms with Crippen molar-refractivity contribution in [2.24, 2.45) is 0 Å². The van der Waals surface area contributed by atoms with Gasteiger partial charge in [0.15, 0.2) is 0 Å². The van der Waals surface area contributed by atoms with E-state index < -0.39 is 47.3 Å². The summed E-state index contributed by atoms with van der Waals surface area (Å²) in [6, 6.07) is 7.51. The van der Waals surface area contributed by atoms with Crippen molar-refractivity contribution in [1.82, 2.24) is 15.6 Å². The third-order valence-electron chi connectivity index (χ3n) is 5.57. The second kappa shape index (κ2) is 10.9. The lowest BCUT2D eigenvalue weighted by Gasteiger charge is -2.26. The molecule has 0 aliphatic carbocycles. The molecule has 0 radical (unpaired) electrons. The number of amides is 1. The maximum atomic E-state index is 14.5. The normalized spacial score (nSPS) is 13.4. The molecular formula is C25H23F6N3O.